The monoisotopic (exact) mass is 666 g/mol. The summed E-state index contributed by atoms with van der Waals surface area (Å²) in [5, 5.41) is 14.8. The zero-order valence-corrected chi connectivity index (χ0v) is 26.1. The van der Waals surface area contributed by atoms with Gasteiger partial charge in [-0.15, -0.1) is 0 Å². The normalized spacial score (nSPS) is 10.8. The van der Waals surface area contributed by atoms with Crippen LogP contribution in [0.4, 0.5) is 0 Å². The molecule has 0 fully saturated rings. The van der Waals surface area contributed by atoms with E-state index in [1.54, 1.807) is 0 Å². The quantitative estimate of drug-likeness (QED) is 0.191. The van der Waals surface area contributed by atoms with E-state index >= 15 is 0 Å². The zero-order valence-electron chi connectivity index (χ0n) is 19.8. The molecule has 0 aliphatic carbocycles. The first-order chi connectivity index (χ1) is 15.3. The van der Waals surface area contributed by atoms with Gasteiger partial charge in [0.25, 0.3) is 0 Å². The predicted octanol–water partition coefficient (Wildman–Crippen LogP) is 6.58. The summed E-state index contributed by atoms with van der Waals surface area (Å²) in [5.41, 5.74) is 6.82. The van der Waals surface area contributed by atoms with E-state index in [4.69, 9.17) is 15.3 Å². The van der Waals surface area contributed by atoms with E-state index in [-0.39, 0.29) is 0 Å². The van der Waals surface area contributed by atoms with Crippen molar-refractivity contribution in [3.63, 3.8) is 0 Å². The average molecular weight is 669 g/mol. The minimum atomic E-state index is -0.896. The van der Waals surface area contributed by atoms with Gasteiger partial charge in [0.2, 0.25) is 0 Å². The third-order valence-corrected chi connectivity index (χ3v) is 5.24. The molecule has 0 unspecified atom stereocenters. The van der Waals surface area contributed by atoms with Crippen molar-refractivity contribution in [2.45, 2.75) is 80.1 Å². The number of nitrogens with zero attached hydrogens (tertiary/aromatic N) is 6. The van der Waals surface area contributed by atoms with E-state index in [0.717, 1.165) is 61.9 Å². The summed E-state index contributed by atoms with van der Waals surface area (Å²) in [6.45, 7) is 13.0. The van der Waals surface area contributed by atoms with Crippen molar-refractivity contribution in [3.05, 3.63) is 58.7 Å². The molecule has 0 aromatic carbocycles. The number of hydrogen-bond donors (Lipinski definition) is 0. The first kappa shape index (κ1) is 27.9. The van der Waals surface area contributed by atoms with Crippen LogP contribution in [0.5, 0.6) is 0 Å². The molecule has 3 aromatic rings. The molecule has 0 bridgehead atoms. The van der Waals surface area contributed by atoms with E-state index < -0.39 is 11.6 Å². The van der Waals surface area contributed by atoms with Gasteiger partial charge in [-0.1, -0.05) is 59.7 Å². The second-order valence-corrected chi connectivity index (χ2v) is 30.9. The summed E-state index contributed by atoms with van der Waals surface area (Å²) in [6.07, 6.45) is 6.34. The maximum atomic E-state index is 4.93. The van der Waals surface area contributed by atoms with Crippen molar-refractivity contribution in [3.8, 4) is 0 Å². The second-order valence-electron chi connectivity index (χ2n) is 7.25. The van der Waals surface area contributed by atoms with Crippen LogP contribution in [0, 0.1) is 6.29 Å². The van der Waals surface area contributed by atoms with Gasteiger partial charge in [0, 0.05) is 0 Å². The summed E-state index contributed by atoms with van der Waals surface area (Å²) >= 11 is 8.92. The van der Waals surface area contributed by atoms with Crippen LogP contribution in [0.2, 0.25) is 0 Å². The molecule has 0 saturated heterocycles. The molecule has 3 heterocycles. The Balaban J connectivity index is 0.000000837. The van der Waals surface area contributed by atoms with Crippen molar-refractivity contribution in [1.29, 1.82) is 0 Å². The Hall–Kier alpha value is -0.346. The Kier molecular flexibility index (Phi) is 11.8. The molecule has 176 valence electrons. The Morgan fingerprint density at radius 2 is 0.844 bits per heavy atom. The first-order valence-electron chi connectivity index (χ1n) is 11.3. The molecule has 32 heavy (non-hydrogen) atoms. The summed E-state index contributed by atoms with van der Waals surface area (Å²) in [4.78, 5) is 0. The van der Waals surface area contributed by atoms with Gasteiger partial charge in [0.05, 0.1) is 17.1 Å². The molecule has 3 aromatic heterocycles. The molecule has 0 N–H and O–H groups in total. The molecule has 0 spiro atoms. The van der Waals surface area contributed by atoms with E-state index in [2.05, 4.69) is 113 Å². The summed E-state index contributed by atoms with van der Waals surface area (Å²) < 4.78 is 6.15. The zero-order chi connectivity index (χ0) is 23.8. The third kappa shape index (κ3) is 6.84. The molecular weight excluding hydrogens is 636 g/mol. The van der Waals surface area contributed by atoms with Crippen molar-refractivity contribution in [1.82, 2.24) is 29.3 Å². The predicted molar refractivity (Wildman–Crippen MR) is 139 cm³/mol. The van der Waals surface area contributed by atoms with E-state index in [9.17, 15) is 0 Å². The fraction of sp³-hybridized carbons (Fsp3) is 0.545. The Labute approximate surface area is 217 Å². The van der Waals surface area contributed by atoms with Gasteiger partial charge in [0.15, 0.2) is 6.29 Å². The van der Waals surface area contributed by atoms with Crippen LogP contribution in [0.25, 0.3) is 0 Å². The van der Waals surface area contributed by atoms with Crippen molar-refractivity contribution in [2.75, 3.05) is 0 Å². The van der Waals surface area contributed by atoms with Crippen LogP contribution < -0.4 is 0 Å². The summed E-state index contributed by atoms with van der Waals surface area (Å²) in [5.74, 6) is 0. The van der Waals surface area contributed by atoms with Crippen LogP contribution in [0.15, 0.2) is 18.2 Å². The molecule has 0 aliphatic rings. The molecule has 0 aliphatic heterocycles. The van der Waals surface area contributed by atoms with Crippen LogP contribution in [0.3, 0.4) is 0 Å². The summed E-state index contributed by atoms with van der Waals surface area (Å²) in [7, 11) is 0. The van der Waals surface area contributed by atoms with Crippen molar-refractivity contribution < 1.29 is 11.6 Å². The van der Waals surface area contributed by atoms with Gasteiger partial charge in [-0.3, -0.25) is 14.0 Å². The van der Waals surface area contributed by atoms with Crippen molar-refractivity contribution >= 4 is 39.5 Å². The standard InChI is InChI=1S/C22H33N6.3BrH.Ti/c1-7-16-13-19(10-4)26(23-16)22(27-20(11-5)14-17(8-2)24-27)28-21(12-6)15-18(9-3)25-28;;;;/h13-15H,7-12H2,1-6H3;3*1H;/q-1;;;;+4/p-3. The molecule has 0 saturated carbocycles. The molecule has 6 nitrogen and oxygen atoms in total. The van der Waals surface area contributed by atoms with Gasteiger partial charge in [-0.05, 0) is 55.6 Å². The van der Waals surface area contributed by atoms with Gasteiger partial charge in [0.1, 0.15) is 0 Å². The molecule has 0 amide bonds. The number of halogens is 3. The molecule has 3 rings (SSSR count). The average Bonchev–Trinajstić information content (AvgIpc) is 3.50. The number of aryl methyl sites for hydroxylation is 6. The minimum absolute atomic E-state index is 0.893. The summed E-state index contributed by atoms with van der Waals surface area (Å²) in [6, 6.07) is 6.60. The Bertz CT molecular complexity index is 856. The van der Waals surface area contributed by atoms with Gasteiger partial charge in [-0.25, -0.2) is 0 Å². The van der Waals surface area contributed by atoms with Crippen LogP contribution in [-0.2, 0) is 50.1 Å². The van der Waals surface area contributed by atoms with Crippen LogP contribution in [-0.4, -0.2) is 29.3 Å². The van der Waals surface area contributed by atoms with E-state index in [1.165, 1.54) is 17.1 Å². The third-order valence-electron chi connectivity index (χ3n) is 5.24. The molecule has 0 atom stereocenters. The Morgan fingerprint density at radius 1 is 0.594 bits per heavy atom. The van der Waals surface area contributed by atoms with Gasteiger partial charge in [-0.2, -0.15) is 15.3 Å². The van der Waals surface area contributed by atoms with Crippen LogP contribution >= 0.6 is 39.5 Å². The van der Waals surface area contributed by atoms with E-state index in [0.29, 0.717) is 0 Å². The molecule has 10 heteroatoms. The number of aromatic nitrogens is 6. The molecular formula is C22H33Br3N6Ti. The fourth-order valence-electron chi connectivity index (χ4n) is 3.49. The van der Waals surface area contributed by atoms with Gasteiger partial charge < -0.3 is 0 Å². The maximum absolute atomic E-state index is 4.93. The van der Waals surface area contributed by atoms with Crippen LogP contribution in [0.1, 0.15) is 75.7 Å². The SMILES string of the molecule is CCc1cc(CC)n([C-](n2nc(CC)cc2CC)n2nc(CC)cc2CC)n1.[Br][Ti+]([Br])[Br]. The Morgan fingerprint density at radius 3 is 1.03 bits per heavy atom. The topological polar surface area (TPSA) is 53.5 Å². The number of hydrogen-bond acceptors (Lipinski definition) is 3. The molecule has 0 radical (unpaired) electrons. The fourth-order valence-corrected chi connectivity index (χ4v) is 3.49. The van der Waals surface area contributed by atoms with Gasteiger partial charge >= 0.3 is 51.1 Å². The first-order valence-corrected chi connectivity index (χ1v) is 22.9. The van der Waals surface area contributed by atoms with E-state index in [1.807, 2.05) is 0 Å². The number of rotatable bonds is 9. The second kappa shape index (κ2) is 13.5. The van der Waals surface area contributed by atoms with Crippen molar-refractivity contribution in [2.24, 2.45) is 0 Å².